The first-order valence-electron chi connectivity index (χ1n) is 9.13. The molecule has 2 nitrogen and oxygen atoms in total. The van der Waals surface area contributed by atoms with Gasteiger partial charge in [0.05, 0.1) is 0 Å². The lowest BCUT2D eigenvalue weighted by molar-refractivity contribution is 0.448. The van der Waals surface area contributed by atoms with Gasteiger partial charge in [-0.3, -0.25) is 0 Å². The maximum atomic E-state index is 2.54. The molecule has 23 heavy (non-hydrogen) atoms. The first-order valence-corrected chi connectivity index (χ1v) is 15.2. The predicted octanol–water partition coefficient (Wildman–Crippen LogP) is 7.95. The third kappa shape index (κ3) is 16.9. The van der Waals surface area contributed by atoms with Gasteiger partial charge in [-0.15, -0.1) is 0 Å². The van der Waals surface area contributed by atoms with E-state index in [1.54, 1.807) is 0 Å². The summed E-state index contributed by atoms with van der Waals surface area (Å²) in [6.07, 6.45) is 10.4. The highest BCUT2D eigenvalue weighted by molar-refractivity contribution is 9.35. The summed E-state index contributed by atoms with van der Waals surface area (Å²) in [5, 5.41) is 0. The molecule has 0 unspecified atom stereocenters. The highest BCUT2D eigenvalue weighted by Crippen LogP contribution is 2.50. The Balaban J connectivity index is 3.81. The van der Waals surface area contributed by atoms with Gasteiger partial charge in [0.25, 0.3) is 0 Å². The second-order valence-electron chi connectivity index (χ2n) is 5.63. The van der Waals surface area contributed by atoms with E-state index >= 15 is 0 Å². The van der Waals surface area contributed by atoms with Crippen molar-refractivity contribution in [3.05, 3.63) is 0 Å². The maximum Gasteiger partial charge on any atom is 0.00974 e. The monoisotopic (exact) mass is 416 g/mol. The molecule has 0 aromatic carbocycles. The summed E-state index contributed by atoms with van der Waals surface area (Å²) in [5.74, 6) is 0. The minimum atomic E-state index is 1.23. The molecule has 0 rings (SSSR count). The zero-order valence-electron chi connectivity index (χ0n) is 15.4. The second-order valence-corrected chi connectivity index (χ2v) is 13.2. The molecule has 0 aliphatic carbocycles. The Hall–Kier alpha value is 1.67. The molecular formula is C16H36N2S5. The number of rotatable bonds is 18. The largest absolute Gasteiger partial charge is 0.241 e. The zero-order chi connectivity index (χ0) is 17.2. The van der Waals surface area contributed by atoms with E-state index in [0.29, 0.717) is 0 Å². The normalized spacial score (nSPS) is 11.7. The molecule has 0 aliphatic heterocycles. The van der Waals surface area contributed by atoms with Crippen LogP contribution < -0.4 is 0 Å². The van der Waals surface area contributed by atoms with Crippen LogP contribution in [0.2, 0.25) is 0 Å². The van der Waals surface area contributed by atoms with E-state index in [-0.39, 0.29) is 0 Å². The molecule has 0 amide bonds. The van der Waals surface area contributed by atoms with Crippen LogP contribution in [0.5, 0.6) is 0 Å². The molecule has 0 saturated heterocycles. The van der Waals surface area contributed by atoms with Gasteiger partial charge >= 0.3 is 0 Å². The van der Waals surface area contributed by atoms with Crippen molar-refractivity contribution in [2.45, 2.75) is 79.1 Å². The van der Waals surface area contributed by atoms with Gasteiger partial charge in [-0.25, -0.2) is 8.61 Å². The Bertz CT molecular complexity index is 197. The Kier molecular flexibility index (Phi) is 21.4. The van der Waals surface area contributed by atoms with Crippen molar-refractivity contribution in [2.24, 2.45) is 0 Å². The molecule has 0 aromatic heterocycles. The SMILES string of the molecule is CCCCN(CCCC)SSSSSN(CCCC)CCCC. The van der Waals surface area contributed by atoms with Crippen molar-refractivity contribution in [2.75, 3.05) is 26.2 Å². The molecule has 0 fully saturated rings. The number of nitrogens with zero attached hydrogens (tertiary/aromatic N) is 2. The highest BCUT2D eigenvalue weighted by Gasteiger charge is 2.08. The molecule has 0 N–H and O–H groups in total. The number of unbranched alkanes of at least 4 members (excludes halogenated alkanes) is 4. The minimum absolute atomic E-state index is 1.23. The lowest BCUT2D eigenvalue weighted by Gasteiger charge is -2.20. The second kappa shape index (κ2) is 20.0. The molecule has 0 radical (unpaired) electrons. The van der Waals surface area contributed by atoms with E-state index in [4.69, 9.17) is 0 Å². The molecule has 0 spiro atoms. The fourth-order valence-corrected chi connectivity index (χ4v) is 10.5. The third-order valence-corrected chi connectivity index (χ3v) is 11.8. The molecule has 0 bridgehead atoms. The summed E-state index contributed by atoms with van der Waals surface area (Å²) in [4.78, 5) is 0. The van der Waals surface area contributed by atoms with E-state index in [1.807, 2.05) is 51.4 Å². The Morgan fingerprint density at radius 1 is 0.478 bits per heavy atom. The van der Waals surface area contributed by atoms with Crippen LogP contribution in [-0.4, -0.2) is 34.8 Å². The van der Waals surface area contributed by atoms with Gasteiger partial charge in [0.15, 0.2) is 0 Å². The smallest absolute Gasteiger partial charge is 0.00974 e. The van der Waals surface area contributed by atoms with E-state index < -0.39 is 0 Å². The molecule has 0 atom stereocenters. The lowest BCUT2D eigenvalue weighted by Crippen LogP contribution is -2.17. The summed E-state index contributed by atoms with van der Waals surface area (Å²) < 4.78 is 5.09. The van der Waals surface area contributed by atoms with Gasteiger partial charge in [-0.1, -0.05) is 53.4 Å². The molecule has 140 valence electrons. The van der Waals surface area contributed by atoms with Gasteiger partial charge in [0.2, 0.25) is 0 Å². The van der Waals surface area contributed by atoms with Crippen LogP contribution in [0.1, 0.15) is 79.1 Å². The van der Waals surface area contributed by atoms with Crippen LogP contribution in [0.4, 0.5) is 0 Å². The van der Waals surface area contributed by atoms with Gasteiger partial charge < -0.3 is 0 Å². The molecular weight excluding hydrogens is 381 g/mol. The summed E-state index contributed by atoms with van der Waals surface area (Å²) in [6, 6.07) is 0. The van der Waals surface area contributed by atoms with Crippen LogP contribution in [0.25, 0.3) is 0 Å². The quantitative estimate of drug-likeness (QED) is 0.125. The molecule has 0 aliphatic rings. The van der Waals surface area contributed by atoms with Crippen molar-refractivity contribution in [1.82, 2.24) is 8.61 Å². The van der Waals surface area contributed by atoms with Gasteiger partial charge in [0, 0.05) is 77.6 Å². The van der Waals surface area contributed by atoms with Crippen molar-refractivity contribution in [1.29, 1.82) is 0 Å². The maximum absolute atomic E-state index is 2.54. The Labute approximate surface area is 164 Å². The van der Waals surface area contributed by atoms with Crippen molar-refractivity contribution in [3.63, 3.8) is 0 Å². The third-order valence-electron chi connectivity index (χ3n) is 3.37. The average molecular weight is 417 g/mol. The van der Waals surface area contributed by atoms with Crippen LogP contribution in [-0.2, 0) is 0 Å². The van der Waals surface area contributed by atoms with Crippen LogP contribution in [0.3, 0.4) is 0 Å². The average Bonchev–Trinajstić information content (AvgIpc) is 2.57. The van der Waals surface area contributed by atoms with Gasteiger partial charge in [0.1, 0.15) is 0 Å². The van der Waals surface area contributed by atoms with Gasteiger partial charge in [-0.05, 0) is 25.7 Å². The van der Waals surface area contributed by atoms with E-state index in [0.717, 1.165) is 0 Å². The fourth-order valence-electron chi connectivity index (χ4n) is 1.83. The molecule has 0 heterocycles. The van der Waals surface area contributed by atoms with E-state index in [1.165, 1.54) is 77.5 Å². The standard InChI is InChI=1S/C16H36N2S5/c1-5-9-13-17(14-10-6-2)19-21-23-22-20-18(15-11-7-3)16-12-8-4/h5-16H2,1-4H3. The number of hydrogen-bond acceptors (Lipinski definition) is 7. The molecule has 0 saturated carbocycles. The van der Waals surface area contributed by atoms with E-state index in [2.05, 4.69) is 36.3 Å². The topological polar surface area (TPSA) is 6.48 Å². The van der Waals surface area contributed by atoms with E-state index in [9.17, 15) is 0 Å². The first kappa shape index (κ1) is 24.7. The Morgan fingerprint density at radius 3 is 1.04 bits per heavy atom. The Morgan fingerprint density at radius 2 is 0.783 bits per heavy atom. The molecule has 7 heteroatoms. The van der Waals surface area contributed by atoms with Crippen LogP contribution in [0, 0.1) is 0 Å². The van der Waals surface area contributed by atoms with Crippen molar-refractivity contribution in [3.8, 4) is 0 Å². The van der Waals surface area contributed by atoms with Crippen LogP contribution >= 0.6 is 51.4 Å². The summed E-state index contributed by atoms with van der Waals surface area (Å²) >= 11 is 0. The minimum Gasteiger partial charge on any atom is -0.241 e. The number of hydrogen-bond donors (Lipinski definition) is 0. The summed E-state index contributed by atoms with van der Waals surface area (Å²) in [7, 11) is 9.67. The van der Waals surface area contributed by atoms with Crippen molar-refractivity contribution < 1.29 is 0 Å². The first-order chi connectivity index (χ1) is 11.3. The summed E-state index contributed by atoms with van der Waals surface area (Å²) in [6.45, 7) is 14.0. The fraction of sp³-hybridized carbons (Fsp3) is 1.00. The van der Waals surface area contributed by atoms with Crippen LogP contribution in [0.15, 0.2) is 0 Å². The lowest BCUT2D eigenvalue weighted by atomic mass is 10.3. The van der Waals surface area contributed by atoms with Crippen molar-refractivity contribution >= 4 is 51.4 Å². The summed E-state index contributed by atoms with van der Waals surface area (Å²) in [5.41, 5.74) is 0. The zero-order valence-corrected chi connectivity index (χ0v) is 19.5. The highest BCUT2D eigenvalue weighted by atomic mass is 33.8. The predicted molar refractivity (Wildman–Crippen MR) is 121 cm³/mol. The molecule has 0 aromatic rings. The van der Waals surface area contributed by atoms with Gasteiger partial charge in [-0.2, -0.15) is 0 Å².